The van der Waals surface area contributed by atoms with E-state index in [2.05, 4.69) is 15.6 Å². The Hall–Kier alpha value is -3.51. The topological polar surface area (TPSA) is 107 Å². The van der Waals surface area contributed by atoms with Crippen LogP contribution in [0.4, 0.5) is 14.9 Å². The first kappa shape index (κ1) is 22.7. The minimum Gasteiger partial charge on any atom is -0.379 e. The van der Waals surface area contributed by atoms with Crippen LogP contribution in [0.5, 0.6) is 0 Å². The highest BCUT2D eigenvalue weighted by molar-refractivity contribution is 5.97. The first-order valence-electron chi connectivity index (χ1n) is 11.0. The van der Waals surface area contributed by atoms with E-state index in [9.17, 15) is 9.59 Å². The van der Waals surface area contributed by atoms with Crippen LogP contribution in [0.2, 0.25) is 0 Å². The van der Waals surface area contributed by atoms with Crippen LogP contribution in [0.25, 0.3) is 0 Å². The second-order valence-corrected chi connectivity index (χ2v) is 8.49. The van der Waals surface area contributed by atoms with Crippen LogP contribution in [-0.4, -0.2) is 54.2 Å². The summed E-state index contributed by atoms with van der Waals surface area (Å²) in [7, 11) is 0. The highest BCUT2D eigenvalue weighted by Crippen LogP contribution is 2.36. The van der Waals surface area contributed by atoms with Gasteiger partial charge in [0.2, 0.25) is 0 Å². The zero-order chi connectivity index (χ0) is 23.4. The number of carbonyl (C=O) groups excluding carboxylic acids is 2. The Morgan fingerprint density at radius 2 is 2.06 bits per heavy atom. The fraction of sp³-hybridized carbons (Fsp3) is 0.417. The van der Waals surface area contributed by atoms with E-state index in [0.717, 1.165) is 12.0 Å². The highest BCUT2D eigenvalue weighted by atomic mass is 19.1. The Balaban J connectivity index is 1.39. The molecule has 0 saturated carbocycles. The van der Waals surface area contributed by atoms with E-state index >= 15 is 4.39 Å². The molecule has 2 aliphatic heterocycles. The van der Waals surface area contributed by atoms with Gasteiger partial charge in [-0.15, -0.1) is 0 Å². The lowest BCUT2D eigenvalue weighted by Crippen LogP contribution is -2.43. The number of urea groups is 1. The molecule has 33 heavy (non-hydrogen) atoms. The van der Waals surface area contributed by atoms with Crippen LogP contribution in [-0.2, 0) is 10.4 Å². The van der Waals surface area contributed by atoms with E-state index in [1.54, 1.807) is 29.2 Å². The summed E-state index contributed by atoms with van der Waals surface area (Å²) in [4.78, 5) is 31.1. The van der Waals surface area contributed by atoms with Crippen molar-refractivity contribution in [2.45, 2.75) is 37.9 Å². The molecular weight excluding hydrogens is 425 g/mol. The number of halogens is 1. The lowest BCUT2D eigenvalue weighted by Gasteiger charge is -2.36. The minimum absolute atomic E-state index is 0.0185. The van der Waals surface area contributed by atoms with Gasteiger partial charge in [0.15, 0.2) is 5.67 Å². The average Bonchev–Trinajstić information content (AvgIpc) is 3.33. The molecule has 9 heteroatoms. The van der Waals surface area contributed by atoms with E-state index < -0.39 is 5.67 Å². The van der Waals surface area contributed by atoms with Crippen molar-refractivity contribution in [3.8, 4) is 6.07 Å². The lowest BCUT2D eigenvalue weighted by molar-refractivity contribution is 0.0402. The van der Waals surface area contributed by atoms with Crippen molar-refractivity contribution in [1.82, 2.24) is 15.2 Å². The Labute approximate surface area is 191 Å². The maximum absolute atomic E-state index is 15.5. The molecule has 1 aromatic heterocycles. The summed E-state index contributed by atoms with van der Waals surface area (Å²) in [5.74, 6) is -0.211. The van der Waals surface area contributed by atoms with Crippen LogP contribution >= 0.6 is 0 Å². The van der Waals surface area contributed by atoms with Crippen molar-refractivity contribution in [2.75, 3.05) is 31.6 Å². The fourth-order valence-corrected chi connectivity index (χ4v) is 4.11. The second kappa shape index (κ2) is 9.55. The molecule has 172 valence electrons. The summed E-state index contributed by atoms with van der Waals surface area (Å²) in [5.41, 5.74) is 0.849. The molecule has 0 bridgehead atoms. The predicted octanol–water partition coefficient (Wildman–Crippen LogP) is 3.27. The zero-order valence-electron chi connectivity index (χ0n) is 18.4. The Morgan fingerprint density at radius 3 is 2.70 bits per heavy atom. The number of benzene rings is 1. The van der Waals surface area contributed by atoms with Crippen molar-refractivity contribution < 1.29 is 18.7 Å². The molecule has 0 unspecified atom stereocenters. The van der Waals surface area contributed by atoms with E-state index in [1.165, 1.54) is 12.3 Å². The van der Waals surface area contributed by atoms with Gasteiger partial charge in [0, 0.05) is 50.0 Å². The molecular formula is C24H26FN5O3. The van der Waals surface area contributed by atoms with Crippen LogP contribution in [0.15, 0.2) is 36.5 Å². The van der Waals surface area contributed by atoms with Crippen molar-refractivity contribution in [3.05, 3.63) is 58.9 Å². The number of pyridine rings is 1. The number of carbonyl (C=O) groups is 2. The summed E-state index contributed by atoms with van der Waals surface area (Å²) in [6.45, 7) is 3.47. The van der Waals surface area contributed by atoms with E-state index in [4.69, 9.17) is 10.00 Å². The molecule has 2 saturated heterocycles. The predicted molar refractivity (Wildman–Crippen MR) is 119 cm³/mol. The summed E-state index contributed by atoms with van der Waals surface area (Å²) >= 11 is 0. The average molecular weight is 452 g/mol. The number of nitrogens with one attached hydrogen (secondary N) is 2. The summed E-state index contributed by atoms with van der Waals surface area (Å²) < 4.78 is 20.7. The standard InChI is InChI=1S/C24H26FN5O3/c1-16-2-4-18(12-20(16)29-23(32)28-19-6-11-33-15-19)22(31)30-9-7-24(25,8-10-30)21-5-3-17(13-26)14-27-21/h2-5,12,14,19H,6-11,15H2,1H3,(H2,28,29,32)/t19-/m0/s1. The fourth-order valence-electron chi connectivity index (χ4n) is 4.11. The van der Waals surface area contributed by atoms with Gasteiger partial charge in [0.1, 0.15) is 6.07 Å². The van der Waals surface area contributed by atoms with Gasteiger partial charge in [0.25, 0.3) is 5.91 Å². The molecule has 2 fully saturated rings. The molecule has 0 spiro atoms. The number of piperidine rings is 1. The molecule has 2 aliphatic rings. The van der Waals surface area contributed by atoms with Crippen molar-refractivity contribution in [1.29, 1.82) is 5.26 Å². The first-order chi connectivity index (χ1) is 15.9. The third kappa shape index (κ3) is 5.12. The molecule has 2 N–H and O–H groups in total. The van der Waals surface area contributed by atoms with Crippen molar-refractivity contribution >= 4 is 17.6 Å². The molecule has 0 aliphatic carbocycles. The van der Waals surface area contributed by atoms with Crippen LogP contribution in [0.3, 0.4) is 0 Å². The third-order valence-electron chi connectivity index (χ3n) is 6.19. The molecule has 2 aromatic rings. The number of anilines is 1. The van der Waals surface area contributed by atoms with Gasteiger partial charge in [-0.2, -0.15) is 5.26 Å². The molecule has 0 radical (unpaired) electrons. The number of amides is 3. The summed E-state index contributed by atoms with van der Waals surface area (Å²) in [5, 5.41) is 14.6. The quantitative estimate of drug-likeness (QED) is 0.742. The number of hydrogen-bond acceptors (Lipinski definition) is 5. The maximum Gasteiger partial charge on any atom is 0.319 e. The number of likely N-dealkylation sites (tertiary alicyclic amines) is 1. The normalized spacial score (nSPS) is 19.5. The summed E-state index contributed by atoms with van der Waals surface area (Å²) in [6, 6.07) is 9.86. The maximum atomic E-state index is 15.5. The number of nitriles is 1. The highest BCUT2D eigenvalue weighted by Gasteiger charge is 2.39. The third-order valence-corrected chi connectivity index (χ3v) is 6.19. The lowest BCUT2D eigenvalue weighted by atomic mass is 9.89. The minimum atomic E-state index is -1.63. The Bertz CT molecular complexity index is 1070. The summed E-state index contributed by atoms with van der Waals surface area (Å²) in [6.07, 6.45) is 2.39. The molecule has 4 rings (SSSR count). The van der Waals surface area contributed by atoms with Gasteiger partial charge in [0.05, 0.1) is 23.9 Å². The first-order valence-corrected chi connectivity index (χ1v) is 11.0. The van der Waals surface area contributed by atoms with Crippen LogP contribution < -0.4 is 10.6 Å². The molecule has 3 amide bonds. The van der Waals surface area contributed by atoms with Crippen LogP contribution in [0.1, 0.15) is 46.4 Å². The van der Waals surface area contributed by atoms with Gasteiger partial charge in [-0.05, 0) is 43.2 Å². The number of ether oxygens (including phenoxy) is 1. The molecule has 8 nitrogen and oxygen atoms in total. The van der Waals surface area contributed by atoms with E-state index in [0.29, 0.717) is 30.0 Å². The number of hydrogen-bond donors (Lipinski definition) is 2. The largest absolute Gasteiger partial charge is 0.379 e. The number of aromatic nitrogens is 1. The number of nitrogens with zero attached hydrogens (tertiary/aromatic N) is 3. The second-order valence-electron chi connectivity index (χ2n) is 8.49. The van der Waals surface area contributed by atoms with Crippen LogP contribution in [0, 0.1) is 18.3 Å². The Morgan fingerprint density at radius 1 is 1.27 bits per heavy atom. The number of rotatable bonds is 4. The Kier molecular flexibility index (Phi) is 6.56. The molecule has 1 atom stereocenters. The smallest absolute Gasteiger partial charge is 0.319 e. The van der Waals surface area contributed by atoms with Gasteiger partial charge in [-0.3, -0.25) is 9.78 Å². The van der Waals surface area contributed by atoms with Gasteiger partial charge in [-0.25, -0.2) is 9.18 Å². The molecule has 3 heterocycles. The van der Waals surface area contributed by atoms with E-state index in [-0.39, 0.29) is 49.6 Å². The number of alkyl halides is 1. The van der Waals surface area contributed by atoms with Gasteiger partial charge >= 0.3 is 6.03 Å². The van der Waals surface area contributed by atoms with E-state index in [1.807, 2.05) is 13.0 Å². The zero-order valence-corrected chi connectivity index (χ0v) is 18.4. The van der Waals surface area contributed by atoms with Crippen molar-refractivity contribution in [2.24, 2.45) is 0 Å². The van der Waals surface area contributed by atoms with Crippen molar-refractivity contribution in [3.63, 3.8) is 0 Å². The molecule has 1 aromatic carbocycles. The SMILES string of the molecule is Cc1ccc(C(=O)N2CCC(F)(c3ccc(C#N)cn3)CC2)cc1NC(=O)N[C@H]1CCOC1. The van der Waals surface area contributed by atoms with Gasteiger partial charge < -0.3 is 20.3 Å². The number of aryl methyl sites for hydroxylation is 1. The monoisotopic (exact) mass is 451 g/mol. The van der Waals surface area contributed by atoms with Gasteiger partial charge in [-0.1, -0.05) is 6.07 Å².